The van der Waals surface area contributed by atoms with E-state index >= 15 is 0 Å². The lowest BCUT2D eigenvalue weighted by Gasteiger charge is -2.24. The number of amides is 1. The highest BCUT2D eigenvalue weighted by Crippen LogP contribution is 2.28. The molecule has 36 heavy (non-hydrogen) atoms. The first kappa shape index (κ1) is 26.6. The van der Waals surface area contributed by atoms with E-state index in [1.165, 1.54) is 12.8 Å². The van der Waals surface area contributed by atoms with E-state index in [0.717, 1.165) is 68.6 Å². The lowest BCUT2D eigenvalue weighted by molar-refractivity contribution is 0.0760. The summed E-state index contributed by atoms with van der Waals surface area (Å²) in [6.07, 6.45) is 3.65. The Labute approximate surface area is 215 Å². The van der Waals surface area contributed by atoms with Crippen LogP contribution in [0.1, 0.15) is 40.7 Å². The van der Waals surface area contributed by atoms with Gasteiger partial charge in [0.1, 0.15) is 12.4 Å². The standard InChI is InChI=1S/C29H41N3O4/c1-34-19-17-30(18-20-35-2)22-26-10-9-25(21-28(26)36-23-24-7-4-3-5-8-24)29(33)32-14-6-13-31(15-16-32)27-11-12-27/h3-5,7-10,21,27H,6,11-20,22-23H2,1-2H3. The van der Waals surface area contributed by atoms with Gasteiger partial charge in [-0.15, -0.1) is 0 Å². The molecule has 7 heteroatoms. The molecule has 2 aromatic carbocycles. The Balaban J connectivity index is 1.50. The second-order valence-electron chi connectivity index (χ2n) is 9.77. The van der Waals surface area contributed by atoms with Crippen molar-refractivity contribution in [3.05, 3.63) is 65.2 Å². The lowest BCUT2D eigenvalue weighted by atomic mass is 10.1. The van der Waals surface area contributed by atoms with Crippen LogP contribution in [-0.4, -0.2) is 93.4 Å². The van der Waals surface area contributed by atoms with Gasteiger partial charge in [0.15, 0.2) is 0 Å². The summed E-state index contributed by atoms with van der Waals surface area (Å²) in [5.41, 5.74) is 2.86. The van der Waals surface area contributed by atoms with E-state index in [2.05, 4.69) is 28.0 Å². The maximum atomic E-state index is 13.5. The van der Waals surface area contributed by atoms with E-state index in [9.17, 15) is 4.79 Å². The summed E-state index contributed by atoms with van der Waals surface area (Å²) in [5.74, 6) is 0.860. The monoisotopic (exact) mass is 495 g/mol. The fourth-order valence-corrected chi connectivity index (χ4v) is 4.77. The van der Waals surface area contributed by atoms with Crippen LogP contribution in [0.5, 0.6) is 5.75 Å². The topological polar surface area (TPSA) is 54.5 Å². The normalized spacial score (nSPS) is 16.8. The average Bonchev–Trinajstić information content (AvgIpc) is 3.77. The quantitative estimate of drug-likeness (QED) is 0.423. The molecule has 2 aliphatic rings. The summed E-state index contributed by atoms with van der Waals surface area (Å²) < 4.78 is 16.9. The predicted molar refractivity (Wildman–Crippen MR) is 141 cm³/mol. The number of methoxy groups -OCH3 is 2. The number of ether oxygens (including phenoxy) is 3. The molecule has 0 radical (unpaired) electrons. The molecule has 0 atom stereocenters. The highest BCUT2D eigenvalue weighted by Gasteiger charge is 2.31. The summed E-state index contributed by atoms with van der Waals surface area (Å²) in [7, 11) is 3.44. The zero-order valence-electron chi connectivity index (χ0n) is 21.9. The highest BCUT2D eigenvalue weighted by molar-refractivity contribution is 5.94. The van der Waals surface area contributed by atoms with Gasteiger partial charge in [0.25, 0.3) is 5.91 Å². The maximum Gasteiger partial charge on any atom is 0.254 e. The molecular formula is C29H41N3O4. The molecule has 0 unspecified atom stereocenters. The number of carbonyl (C=O) groups excluding carboxylic acids is 1. The van der Waals surface area contributed by atoms with Gasteiger partial charge in [-0.05, 0) is 37.0 Å². The smallest absolute Gasteiger partial charge is 0.254 e. The van der Waals surface area contributed by atoms with Gasteiger partial charge in [-0.25, -0.2) is 0 Å². The largest absolute Gasteiger partial charge is 0.489 e. The van der Waals surface area contributed by atoms with Gasteiger partial charge in [0.05, 0.1) is 13.2 Å². The lowest BCUT2D eigenvalue weighted by Crippen LogP contribution is -2.35. The molecule has 1 aliphatic carbocycles. The second kappa shape index (κ2) is 13.7. The Hall–Kier alpha value is -2.45. The van der Waals surface area contributed by atoms with Gasteiger partial charge in [0, 0.05) is 77.2 Å². The zero-order chi connectivity index (χ0) is 25.2. The molecule has 7 nitrogen and oxygen atoms in total. The van der Waals surface area contributed by atoms with Crippen molar-refractivity contribution in [2.75, 3.05) is 66.7 Å². The molecular weight excluding hydrogens is 454 g/mol. The first-order valence-electron chi connectivity index (χ1n) is 13.2. The molecule has 0 bridgehead atoms. The van der Waals surface area contributed by atoms with Crippen molar-refractivity contribution in [3.63, 3.8) is 0 Å². The van der Waals surface area contributed by atoms with E-state index < -0.39 is 0 Å². The number of hydrogen-bond acceptors (Lipinski definition) is 6. The van der Waals surface area contributed by atoms with E-state index in [4.69, 9.17) is 14.2 Å². The van der Waals surface area contributed by atoms with E-state index in [-0.39, 0.29) is 5.91 Å². The first-order chi connectivity index (χ1) is 17.7. The summed E-state index contributed by atoms with van der Waals surface area (Å²) in [6.45, 7) is 7.71. The van der Waals surface area contributed by atoms with E-state index in [1.807, 2.05) is 35.2 Å². The minimum absolute atomic E-state index is 0.0966. The Morgan fingerprint density at radius 3 is 2.39 bits per heavy atom. The van der Waals surface area contributed by atoms with Gasteiger partial charge in [-0.1, -0.05) is 36.4 Å². The third-order valence-electron chi connectivity index (χ3n) is 7.05. The fraction of sp³-hybridized carbons (Fsp3) is 0.552. The number of nitrogens with zero attached hydrogens (tertiary/aromatic N) is 3. The van der Waals surface area contributed by atoms with Crippen molar-refractivity contribution in [3.8, 4) is 5.75 Å². The molecule has 1 heterocycles. The Morgan fingerprint density at radius 2 is 1.69 bits per heavy atom. The van der Waals surface area contributed by atoms with Crippen LogP contribution < -0.4 is 4.74 Å². The Kier molecular flexibility index (Phi) is 10.2. The molecule has 2 aromatic rings. The second-order valence-corrected chi connectivity index (χ2v) is 9.77. The van der Waals surface area contributed by atoms with Gasteiger partial charge in [-0.2, -0.15) is 0 Å². The molecule has 0 N–H and O–H groups in total. The first-order valence-corrected chi connectivity index (χ1v) is 13.2. The van der Waals surface area contributed by atoms with Crippen LogP contribution in [0, 0.1) is 0 Å². The third-order valence-corrected chi connectivity index (χ3v) is 7.05. The van der Waals surface area contributed by atoms with Crippen LogP contribution in [0.25, 0.3) is 0 Å². The van der Waals surface area contributed by atoms with Crippen molar-refractivity contribution >= 4 is 5.91 Å². The van der Waals surface area contributed by atoms with Crippen LogP contribution in [0.15, 0.2) is 48.5 Å². The van der Waals surface area contributed by atoms with Crippen LogP contribution >= 0.6 is 0 Å². The van der Waals surface area contributed by atoms with Gasteiger partial charge >= 0.3 is 0 Å². The minimum Gasteiger partial charge on any atom is -0.489 e. The molecule has 1 amide bonds. The van der Waals surface area contributed by atoms with Gasteiger partial charge < -0.3 is 19.1 Å². The third kappa shape index (κ3) is 7.77. The minimum atomic E-state index is 0.0966. The maximum absolute atomic E-state index is 13.5. The van der Waals surface area contributed by atoms with Crippen molar-refractivity contribution in [1.29, 1.82) is 0 Å². The van der Waals surface area contributed by atoms with Crippen LogP contribution in [-0.2, 0) is 22.6 Å². The molecule has 0 spiro atoms. The molecule has 2 fully saturated rings. The van der Waals surface area contributed by atoms with Crippen LogP contribution in [0.3, 0.4) is 0 Å². The van der Waals surface area contributed by atoms with Gasteiger partial charge in [0.2, 0.25) is 0 Å². The summed E-state index contributed by atoms with van der Waals surface area (Å²) in [4.78, 5) is 20.4. The SMILES string of the molecule is COCCN(CCOC)Cc1ccc(C(=O)N2CCCN(C3CC3)CC2)cc1OCc1ccccc1. The fourth-order valence-electron chi connectivity index (χ4n) is 4.77. The molecule has 4 rings (SSSR count). The number of carbonyl (C=O) groups is 1. The molecule has 1 aliphatic heterocycles. The Bertz CT molecular complexity index is 943. The van der Waals surface area contributed by atoms with Crippen molar-refractivity contribution < 1.29 is 19.0 Å². The van der Waals surface area contributed by atoms with Gasteiger partial charge in [-0.3, -0.25) is 14.6 Å². The van der Waals surface area contributed by atoms with E-state index in [0.29, 0.717) is 31.9 Å². The number of rotatable bonds is 13. The van der Waals surface area contributed by atoms with E-state index in [1.54, 1.807) is 14.2 Å². The van der Waals surface area contributed by atoms with Crippen molar-refractivity contribution in [1.82, 2.24) is 14.7 Å². The summed E-state index contributed by atoms with van der Waals surface area (Å²) in [6, 6.07) is 16.8. The summed E-state index contributed by atoms with van der Waals surface area (Å²) in [5, 5.41) is 0. The zero-order valence-corrected chi connectivity index (χ0v) is 21.9. The average molecular weight is 496 g/mol. The molecule has 1 saturated carbocycles. The van der Waals surface area contributed by atoms with Crippen molar-refractivity contribution in [2.45, 2.75) is 38.5 Å². The Morgan fingerprint density at radius 1 is 0.944 bits per heavy atom. The molecule has 0 aromatic heterocycles. The number of hydrogen-bond donors (Lipinski definition) is 0. The highest BCUT2D eigenvalue weighted by atomic mass is 16.5. The number of benzene rings is 2. The summed E-state index contributed by atoms with van der Waals surface area (Å²) >= 11 is 0. The van der Waals surface area contributed by atoms with Crippen LogP contribution in [0.4, 0.5) is 0 Å². The van der Waals surface area contributed by atoms with Crippen molar-refractivity contribution in [2.24, 2.45) is 0 Å². The molecule has 1 saturated heterocycles. The van der Waals surface area contributed by atoms with Crippen LogP contribution in [0.2, 0.25) is 0 Å². The predicted octanol–water partition coefficient (Wildman–Crippen LogP) is 3.67. The molecule has 196 valence electrons.